The molecule has 1 aliphatic rings. The van der Waals surface area contributed by atoms with Crippen LogP contribution in [0.4, 0.5) is 0 Å². The van der Waals surface area contributed by atoms with Crippen LogP contribution in [0.5, 0.6) is 5.75 Å². The summed E-state index contributed by atoms with van der Waals surface area (Å²) in [6, 6.07) is 25.8. The van der Waals surface area contributed by atoms with Crippen LogP contribution in [-0.2, 0) is 29.1 Å². The molecule has 7 heteroatoms. The van der Waals surface area contributed by atoms with Crippen LogP contribution < -0.4 is 10.1 Å². The van der Waals surface area contributed by atoms with E-state index in [0.717, 1.165) is 60.3 Å². The van der Waals surface area contributed by atoms with Crippen LogP contribution in [-0.4, -0.2) is 32.5 Å². The number of hydrogen-bond donors (Lipinski definition) is 1. The molecule has 0 saturated heterocycles. The summed E-state index contributed by atoms with van der Waals surface area (Å²) in [5.74, 6) is -0.0180. The van der Waals surface area contributed by atoms with Gasteiger partial charge in [0.1, 0.15) is 5.75 Å². The van der Waals surface area contributed by atoms with Crippen molar-refractivity contribution >= 4 is 33.9 Å². The molecule has 3 heterocycles. The van der Waals surface area contributed by atoms with Gasteiger partial charge in [0.2, 0.25) is 0 Å². The Morgan fingerprint density at radius 2 is 1.54 bits per heavy atom. The first-order valence-corrected chi connectivity index (χ1v) is 14.0. The maximum atomic E-state index is 13.2. The van der Waals surface area contributed by atoms with Gasteiger partial charge in [0.15, 0.2) is 0 Å². The van der Waals surface area contributed by atoms with Gasteiger partial charge in [-0.3, -0.25) is 14.9 Å². The fraction of sp³-hybridized carbons (Fsp3) is 0.206. The molecule has 1 aliphatic heterocycles. The first-order valence-electron chi connectivity index (χ1n) is 14.0. The Kier molecular flexibility index (Phi) is 7.50. The maximum Gasteiger partial charge on any atom is 0.259 e. The van der Waals surface area contributed by atoms with Crippen molar-refractivity contribution in [3.63, 3.8) is 0 Å². The first-order chi connectivity index (χ1) is 20.1. The highest BCUT2D eigenvalue weighted by molar-refractivity contribution is 6.50. The van der Waals surface area contributed by atoms with Gasteiger partial charge in [0.25, 0.3) is 11.8 Å². The molecule has 41 heavy (non-hydrogen) atoms. The van der Waals surface area contributed by atoms with Crippen molar-refractivity contribution in [2.24, 2.45) is 0 Å². The van der Waals surface area contributed by atoms with Gasteiger partial charge < -0.3 is 13.9 Å². The lowest BCUT2D eigenvalue weighted by molar-refractivity contribution is -0.122. The molecule has 7 nitrogen and oxygen atoms in total. The summed E-state index contributed by atoms with van der Waals surface area (Å²) in [4.78, 5) is 30.4. The van der Waals surface area contributed by atoms with Gasteiger partial charge in [-0.2, -0.15) is 0 Å². The zero-order valence-electron chi connectivity index (χ0n) is 23.0. The number of carbonyl (C=O) groups is 2. The lowest BCUT2D eigenvalue weighted by atomic mass is 9.96. The second kappa shape index (κ2) is 11.7. The quantitative estimate of drug-likeness (QED) is 0.168. The highest BCUT2D eigenvalue weighted by Gasteiger charge is 2.33. The third-order valence-electron chi connectivity index (χ3n) is 7.57. The van der Waals surface area contributed by atoms with Crippen LogP contribution in [0.25, 0.3) is 22.0 Å². The zero-order chi connectivity index (χ0) is 28.2. The van der Waals surface area contributed by atoms with E-state index in [1.54, 1.807) is 0 Å². The van der Waals surface area contributed by atoms with E-state index in [2.05, 4.69) is 37.6 Å². The Bertz CT molecular complexity index is 1730. The molecule has 6 rings (SSSR count). The van der Waals surface area contributed by atoms with Gasteiger partial charge in [-0.25, -0.2) is 4.98 Å². The van der Waals surface area contributed by atoms with Crippen molar-refractivity contribution in [2.75, 3.05) is 6.61 Å². The highest BCUT2D eigenvalue weighted by Crippen LogP contribution is 2.36. The predicted octanol–water partition coefficient (Wildman–Crippen LogP) is 5.82. The van der Waals surface area contributed by atoms with Crippen LogP contribution in [0.2, 0.25) is 0 Å². The Morgan fingerprint density at radius 1 is 0.805 bits per heavy atom. The van der Waals surface area contributed by atoms with E-state index in [-0.39, 0.29) is 11.8 Å². The first kappa shape index (κ1) is 26.3. The molecule has 0 bridgehead atoms. The number of hydrogen-bond acceptors (Lipinski definition) is 4. The maximum absolute atomic E-state index is 13.2. The SMILES string of the molecule is Cc1cncn1CCCn1cc(C2=C(c3ccc(OCCCc4ccccc4)cc3)C(=O)NC2=O)c2ccccc21. The average molecular weight is 545 g/mol. The normalized spacial score (nSPS) is 13.3. The third kappa shape index (κ3) is 5.57. The van der Waals surface area contributed by atoms with Crippen molar-refractivity contribution < 1.29 is 14.3 Å². The number of imide groups is 1. The van der Waals surface area contributed by atoms with Gasteiger partial charge in [-0.15, -0.1) is 0 Å². The molecule has 0 saturated carbocycles. The standard InChI is InChI=1S/C34H32N4O3/c1-24-21-35-23-38(24)19-8-18-37-22-29(28-12-5-6-13-30(28)37)32-31(33(39)36-34(32)40)26-14-16-27(17-15-26)41-20-7-11-25-9-3-2-4-10-25/h2-6,9-10,12-17,21-23H,7-8,11,18-20H2,1H3,(H,36,39,40). The molecule has 0 spiro atoms. The molecule has 5 aromatic rings. The minimum absolute atomic E-state index is 0.372. The van der Waals surface area contributed by atoms with Gasteiger partial charge >= 0.3 is 0 Å². The summed E-state index contributed by atoms with van der Waals surface area (Å²) in [6.45, 7) is 4.26. The number of para-hydroxylation sites is 1. The van der Waals surface area contributed by atoms with E-state index in [0.29, 0.717) is 23.3 Å². The van der Waals surface area contributed by atoms with E-state index in [9.17, 15) is 9.59 Å². The number of carbonyl (C=O) groups excluding carboxylic acids is 2. The third-order valence-corrected chi connectivity index (χ3v) is 7.57. The second-order valence-corrected chi connectivity index (χ2v) is 10.3. The Balaban J connectivity index is 1.23. The minimum atomic E-state index is -0.381. The molecule has 3 aromatic carbocycles. The Hall–Kier alpha value is -4.91. The number of aromatic nitrogens is 3. The number of imidazole rings is 1. The molecule has 2 aromatic heterocycles. The summed E-state index contributed by atoms with van der Waals surface area (Å²) in [5.41, 5.74) is 5.70. The van der Waals surface area contributed by atoms with Crippen LogP contribution in [0, 0.1) is 6.92 Å². The predicted molar refractivity (Wildman–Crippen MR) is 160 cm³/mol. The van der Waals surface area contributed by atoms with Crippen LogP contribution in [0.15, 0.2) is 97.6 Å². The minimum Gasteiger partial charge on any atom is -0.494 e. The number of amides is 2. The zero-order valence-corrected chi connectivity index (χ0v) is 23.0. The average Bonchev–Trinajstić information content (AvgIpc) is 3.66. The topological polar surface area (TPSA) is 78.2 Å². The molecule has 0 fully saturated rings. The van der Waals surface area contributed by atoms with Crippen molar-refractivity contribution in [3.8, 4) is 5.75 Å². The summed E-state index contributed by atoms with van der Waals surface area (Å²) in [6.07, 6.45) is 8.47. The Morgan fingerprint density at radius 3 is 2.32 bits per heavy atom. The highest BCUT2D eigenvalue weighted by atomic mass is 16.5. The van der Waals surface area contributed by atoms with Crippen LogP contribution in [0.1, 0.15) is 35.2 Å². The van der Waals surface area contributed by atoms with Gasteiger partial charge in [0, 0.05) is 47.6 Å². The van der Waals surface area contributed by atoms with Crippen molar-refractivity contribution in [1.29, 1.82) is 0 Å². The molecule has 0 radical (unpaired) electrons. The number of nitrogens with one attached hydrogen (secondary N) is 1. The van der Waals surface area contributed by atoms with Crippen LogP contribution in [0.3, 0.4) is 0 Å². The summed E-state index contributed by atoms with van der Waals surface area (Å²) in [5, 5.41) is 3.47. The Labute approximate surface area is 239 Å². The molecule has 206 valence electrons. The largest absolute Gasteiger partial charge is 0.494 e. The van der Waals surface area contributed by atoms with E-state index >= 15 is 0 Å². The molecule has 1 N–H and O–H groups in total. The van der Waals surface area contributed by atoms with Crippen molar-refractivity contribution in [3.05, 3.63) is 120 Å². The van der Waals surface area contributed by atoms with Crippen molar-refractivity contribution in [2.45, 2.75) is 39.3 Å². The summed E-state index contributed by atoms with van der Waals surface area (Å²) < 4.78 is 10.2. The number of benzene rings is 3. The summed E-state index contributed by atoms with van der Waals surface area (Å²) >= 11 is 0. The van der Waals surface area contributed by atoms with Gasteiger partial charge in [0.05, 0.1) is 24.1 Å². The van der Waals surface area contributed by atoms with E-state index in [4.69, 9.17) is 4.74 Å². The molecule has 0 atom stereocenters. The lowest BCUT2D eigenvalue weighted by Crippen LogP contribution is -2.22. The van der Waals surface area contributed by atoms with E-state index < -0.39 is 0 Å². The number of aryl methyl sites for hydroxylation is 4. The lowest BCUT2D eigenvalue weighted by Gasteiger charge is -2.08. The van der Waals surface area contributed by atoms with Gasteiger partial charge in [-0.05, 0) is 55.5 Å². The smallest absolute Gasteiger partial charge is 0.259 e. The second-order valence-electron chi connectivity index (χ2n) is 10.3. The fourth-order valence-electron chi connectivity index (χ4n) is 5.48. The molecule has 2 amide bonds. The van der Waals surface area contributed by atoms with E-state index in [1.165, 1.54) is 5.56 Å². The fourth-order valence-corrected chi connectivity index (χ4v) is 5.48. The molecule has 0 unspecified atom stereocenters. The molecular formula is C34H32N4O3. The molecule has 0 aliphatic carbocycles. The van der Waals surface area contributed by atoms with Crippen molar-refractivity contribution in [1.82, 2.24) is 19.4 Å². The van der Waals surface area contributed by atoms with Gasteiger partial charge in [-0.1, -0.05) is 60.7 Å². The monoisotopic (exact) mass is 544 g/mol. The number of rotatable bonds is 11. The summed E-state index contributed by atoms with van der Waals surface area (Å²) in [7, 11) is 0. The number of nitrogens with zero attached hydrogens (tertiary/aromatic N) is 3. The van der Waals surface area contributed by atoms with Crippen LogP contribution >= 0.6 is 0 Å². The number of ether oxygens (including phenoxy) is 1. The number of fused-ring (bicyclic) bond motifs is 1. The molecular weight excluding hydrogens is 512 g/mol. The van der Waals surface area contributed by atoms with E-state index in [1.807, 2.05) is 86.3 Å².